The van der Waals surface area contributed by atoms with Crippen molar-refractivity contribution in [2.75, 3.05) is 11.9 Å². The predicted octanol–water partition coefficient (Wildman–Crippen LogP) is 2.40. The molecule has 0 saturated heterocycles. The van der Waals surface area contributed by atoms with E-state index in [0.29, 0.717) is 6.04 Å². The average Bonchev–Trinajstić information content (AvgIpc) is 2.20. The first kappa shape index (κ1) is 12.0. The molecule has 0 aliphatic heterocycles. The molecule has 0 bridgehead atoms. The second kappa shape index (κ2) is 6.40. The van der Waals surface area contributed by atoms with Crippen LogP contribution in [0.2, 0.25) is 0 Å². The molecule has 0 unspecified atom stereocenters. The predicted molar refractivity (Wildman–Crippen MR) is 65.0 cm³/mol. The lowest BCUT2D eigenvalue weighted by Gasteiger charge is -2.14. The van der Waals surface area contributed by atoms with E-state index in [0.717, 1.165) is 25.2 Å². The Morgan fingerprint density at radius 1 is 1.40 bits per heavy atom. The highest BCUT2D eigenvalue weighted by molar-refractivity contribution is 5.49. The van der Waals surface area contributed by atoms with Crippen LogP contribution >= 0.6 is 0 Å². The van der Waals surface area contributed by atoms with Gasteiger partial charge in [0.15, 0.2) is 0 Å². The minimum absolute atomic E-state index is 0.444. The quantitative estimate of drug-likeness (QED) is 0.703. The fourth-order valence-electron chi connectivity index (χ4n) is 1.42. The van der Waals surface area contributed by atoms with Crippen molar-refractivity contribution in [3.8, 4) is 0 Å². The number of rotatable bonds is 6. The third-order valence-electron chi connectivity index (χ3n) is 2.10. The second-order valence-electron chi connectivity index (χ2n) is 4.01. The summed E-state index contributed by atoms with van der Waals surface area (Å²) in [4.78, 5) is 4.14. The minimum atomic E-state index is 0.444. The second-order valence-corrected chi connectivity index (χ2v) is 4.01. The third-order valence-corrected chi connectivity index (χ3v) is 2.10. The van der Waals surface area contributed by atoms with Gasteiger partial charge in [0.05, 0.1) is 11.9 Å². The van der Waals surface area contributed by atoms with Crippen molar-refractivity contribution >= 4 is 5.69 Å². The van der Waals surface area contributed by atoms with Gasteiger partial charge in [-0.15, -0.1) is 0 Å². The molecule has 3 nitrogen and oxygen atoms in total. The summed E-state index contributed by atoms with van der Waals surface area (Å²) < 4.78 is 0. The van der Waals surface area contributed by atoms with Gasteiger partial charge in [-0.3, -0.25) is 4.98 Å². The number of nitrogens with zero attached hydrogens (tertiary/aromatic N) is 1. The molecule has 1 aromatic rings. The molecule has 3 heteroatoms. The molecule has 1 rings (SSSR count). The third kappa shape index (κ3) is 4.30. The van der Waals surface area contributed by atoms with Gasteiger partial charge in [-0.05, 0) is 38.4 Å². The Hall–Kier alpha value is -1.09. The van der Waals surface area contributed by atoms with E-state index in [1.165, 1.54) is 5.56 Å². The van der Waals surface area contributed by atoms with Gasteiger partial charge in [-0.1, -0.05) is 6.92 Å². The lowest BCUT2D eigenvalue weighted by atomic mass is 10.2. The molecule has 1 heterocycles. The molecule has 0 aromatic carbocycles. The van der Waals surface area contributed by atoms with Crippen molar-refractivity contribution in [2.24, 2.45) is 0 Å². The summed E-state index contributed by atoms with van der Waals surface area (Å²) in [7, 11) is 0. The number of nitrogens with one attached hydrogen (secondary N) is 2. The van der Waals surface area contributed by atoms with Crippen molar-refractivity contribution in [1.29, 1.82) is 0 Å². The minimum Gasteiger partial charge on any atom is -0.381 e. The highest BCUT2D eigenvalue weighted by atomic mass is 14.9. The van der Waals surface area contributed by atoms with E-state index < -0.39 is 0 Å². The molecule has 84 valence electrons. The molecule has 0 saturated carbocycles. The first-order chi connectivity index (χ1) is 7.24. The number of hydrogen-bond acceptors (Lipinski definition) is 3. The Morgan fingerprint density at radius 2 is 2.20 bits per heavy atom. The maximum Gasteiger partial charge on any atom is 0.0574 e. The summed E-state index contributed by atoms with van der Waals surface area (Å²) in [6.45, 7) is 8.41. The zero-order valence-electron chi connectivity index (χ0n) is 9.88. The van der Waals surface area contributed by atoms with Crippen LogP contribution in [-0.2, 0) is 6.54 Å². The molecule has 15 heavy (non-hydrogen) atoms. The van der Waals surface area contributed by atoms with Gasteiger partial charge in [0, 0.05) is 18.8 Å². The van der Waals surface area contributed by atoms with Crippen LogP contribution < -0.4 is 10.6 Å². The molecule has 2 N–H and O–H groups in total. The molecule has 0 aliphatic rings. The Morgan fingerprint density at radius 3 is 2.87 bits per heavy atom. The van der Waals surface area contributed by atoms with Gasteiger partial charge in [-0.2, -0.15) is 0 Å². The zero-order chi connectivity index (χ0) is 11.1. The first-order valence-electron chi connectivity index (χ1n) is 5.64. The van der Waals surface area contributed by atoms with Crippen LogP contribution in [0.25, 0.3) is 0 Å². The number of anilines is 1. The molecule has 0 fully saturated rings. The topological polar surface area (TPSA) is 37.0 Å². The van der Waals surface area contributed by atoms with Gasteiger partial charge < -0.3 is 10.6 Å². The number of pyridine rings is 1. The van der Waals surface area contributed by atoms with Crippen LogP contribution in [0.15, 0.2) is 18.5 Å². The summed E-state index contributed by atoms with van der Waals surface area (Å²) in [6, 6.07) is 2.51. The monoisotopic (exact) mass is 207 g/mol. The van der Waals surface area contributed by atoms with E-state index in [1.54, 1.807) is 0 Å². The van der Waals surface area contributed by atoms with E-state index in [1.807, 2.05) is 12.4 Å². The van der Waals surface area contributed by atoms with Crippen molar-refractivity contribution in [3.05, 3.63) is 24.0 Å². The zero-order valence-corrected chi connectivity index (χ0v) is 9.88. The molecular weight excluding hydrogens is 186 g/mol. The van der Waals surface area contributed by atoms with Crippen molar-refractivity contribution < 1.29 is 0 Å². The van der Waals surface area contributed by atoms with E-state index in [-0.39, 0.29) is 0 Å². The van der Waals surface area contributed by atoms with Gasteiger partial charge in [0.2, 0.25) is 0 Å². The maximum absolute atomic E-state index is 4.14. The molecule has 0 amide bonds. The number of hydrogen-bond donors (Lipinski definition) is 2. The van der Waals surface area contributed by atoms with Crippen LogP contribution in [0.1, 0.15) is 32.8 Å². The first-order valence-corrected chi connectivity index (χ1v) is 5.64. The normalized spacial score (nSPS) is 10.7. The Kier molecular flexibility index (Phi) is 5.12. The fourth-order valence-corrected chi connectivity index (χ4v) is 1.42. The summed E-state index contributed by atoms with van der Waals surface area (Å²) >= 11 is 0. The summed E-state index contributed by atoms with van der Waals surface area (Å²) in [6.07, 6.45) is 4.90. The SMILES string of the molecule is CCCNCc1ccncc1NC(C)C. The van der Waals surface area contributed by atoms with Gasteiger partial charge in [0.1, 0.15) is 0 Å². The van der Waals surface area contributed by atoms with Crippen LogP contribution in [0.3, 0.4) is 0 Å². The summed E-state index contributed by atoms with van der Waals surface area (Å²) in [5.74, 6) is 0. The fraction of sp³-hybridized carbons (Fsp3) is 0.583. The Bertz CT molecular complexity index is 284. The van der Waals surface area contributed by atoms with E-state index in [4.69, 9.17) is 0 Å². The molecule has 0 atom stereocenters. The van der Waals surface area contributed by atoms with E-state index in [2.05, 4.69) is 42.5 Å². The van der Waals surface area contributed by atoms with Crippen LogP contribution in [0.5, 0.6) is 0 Å². The van der Waals surface area contributed by atoms with Crippen LogP contribution in [0, 0.1) is 0 Å². The molecule has 0 aliphatic carbocycles. The lowest BCUT2D eigenvalue weighted by Crippen LogP contribution is -2.17. The van der Waals surface area contributed by atoms with Gasteiger partial charge >= 0.3 is 0 Å². The Balaban J connectivity index is 2.60. The smallest absolute Gasteiger partial charge is 0.0574 e. The van der Waals surface area contributed by atoms with Crippen LogP contribution in [0.4, 0.5) is 5.69 Å². The molecule has 0 radical (unpaired) electrons. The maximum atomic E-state index is 4.14. The van der Waals surface area contributed by atoms with Crippen molar-refractivity contribution in [2.45, 2.75) is 39.8 Å². The molecule has 0 spiro atoms. The molecule has 1 aromatic heterocycles. The average molecular weight is 207 g/mol. The highest BCUT2D eigenvalue weighted by Crippen LogP contribution is 2.13. The number of aromatic nitrogens is 1. The van der Waals surface area contributed by atoms with Gasteiger partial charge in [-0.25, -0.2) is 0 Å². The standard InChI is InChI=1S/C12H21N3/c1-4-6-13-8-11-5-7-14-9-12(11)15-10(2)3/h5,7,9-10,13,15H,4,6,8H2,1-3H3. The van der Waals surface area contributed by atoms with E-state index in [9.17, 15) is 0 Å². The van der Waals surface area contributed by atoms with Crippen LogP contribution in [-0.4, -0.2) is 17.6 Å². The van der Waals surface area contributed by atoms with Crippen molar-refractivity contribution in [3.63, 3.8) is 0 Å². The largest absolute Gasteiger partial charge is 0.381 e. The van der Waals surface area contributed by atoms with Crippen molar-refractivity contribution in [1.82, 2.24) is 10.3 Å². The summed E-state index contributed by atoms with van der Waals surface area (Å²) in [5.41, 5.74) is 2.42. The molecular formula is C12H21N3. The van der Waals surface area contributed by atoms with E-state index >= 15 is 0 Å². The highest BCUT2D eigenvalue weighted by Gasteiger charge is 2.02. The lowest BCUT2D eigenvalue weighted by molar-refractivity contribution is 0.674. The summed E-state index contributed by atoms with van der Waals surface area (Å²) in [5, 5.41) is 6.79. The van der Waals surface area contributed by atoms with Gasteiger partial charge in [0.25, 0.3) is 0 Å². The Labute approximate surface area is 92.3 Å².